The number of benzene rings is 1. The molecular formula is C15H18FN5O4. The normalized spacial score (nSPS) is 12.3. The van der Waals surface area contributed by atoms with Crippen LogP contribution in [-0.2, 0) is 17.6 Å². The summed E-state index contributed by atoms with van der Waals surface area (Å²) in [5.74, 6) is -0.539. The third kappa shape index (κ3) is 5.16. The van der Waals surface area contributed by atoms with Crippen molar-refractivity contribution in [1.82, 2.24) is 15.6 Å². The van der Waals surface area contributed by atoms with Crippen LogP contribution in [0.5, 0.6) is 5.88 Å². The van der Waals surface area contributed by atoms with Gasteiger partial charge < -0.3 is 21.0 Å². The summed E-state index contributed by atoms with van der Waals surface area (Å²) < 4.78 is 21.8. The molecule has 0 aliphatic heterocycles. The Morgan fingerprint density at radius 2 is 2.20 bits per heavy atom. The predicted octanol–water partition coefficient (Wildman–Crippen LogP) is 0.603. The molecule has 9 nitrogen and oxygen atoms in total. The average Bonchev–Trinajstić information content (AvgIpc) is 3.03. The van der Waals surface area contributed by atoms with E-state index in [-0.39, 0.29) is 35.7 Å². The zero-order valence-electron chi connectivity index (χ0n) is 13.5. The number of nitrogens with one attached hydrogen (secondary N) is 1. The summed E-state index contributed by atoms with van der Waals surface area (Å²) in [6.45, 7) is 1.86. The van der Waals surface area contributed by atoms with Gasteiger partial charge in [0.15, 0.2) is 5.84 Å². The molecule has 1 aromatic heterocycles. The van der Waals surface area contributed by atoms with Gasteiger partial charge in [0.2, 0.25) is 11.6 Å². The number of halogens is 1. The van der Waals surface area contributed by atoms with Crippen LogP contribution in [0, 0.1) is 5.82 Å². The minimum absolute atomic E-state index is 0.000604. The fraction of sp³-hybridized carbons (Fsp3) is 0.333. The number of ether oxygens (including phenoxy) is 1. The molecular weight excluding hydrogens is 333 g/mol. The van der Waals surface area contributed by atoms with Crippen LogP contribution in [0.4, 0.5) is 4.39 Å². The minimum Gasteiger partial charge on any atom is -0.472 e. The number of hydrogen-bond acceptors (Lipinski definition) is 7. The van der Waals surface area contributed by atoms with E-state index in [4.69, 9.17) is 15.7 Å². The van der Waals surface area contributed by atoms with Gasteiger partial charge in [0.1, 0.15) is 12.4 Å². The number of carbonyl (C=O) groups excluding carboxylic acids is 1. The monoisotopic (exact) mass is 351 g/mol. The van der Waals surface area contributed by atoms with Crippen molar-refractivity contribution in [1.29, 1.82) is 0 Å². The molecule has 0 radical (unpaired) electrons. The van der Waals surface area contributed by atoms with E-state index in [0.29, 0.717) is 6.54 Å². The average molecular weight is 351 g/mol. The molecule has 1 amide bonds. The lowest BCUT2D eigenvalue weighted by Crippen LogP contribution is -2.26. The molecule has 0 unspecified atom stereocenters. The molecule has 2 aromatic rings. The van der Waals surface area contributed by atoms with Gasteiger partial charge in [-0.1, -0.05) is 11.2 Å². The molecule has 1 aromatic carbocycles. The Bertz CT molecular complexity index is 762. The largest absolute Gasteiger partial charge is 0.472 e. The standard InChI is InChI=1S/C8H7F.C7H11N5O4/c9-8-4-3-6-1-2-7(6)5-8;1-4(13)9-2-3-15-7-5(6(8)10-14)11-16-12-7/h3-5H,1-2H2;14H,2-3H2,1H3,(H2,8,10)(H,9,13). The number of nitrogens with zero attached hydrogens (tertiary/aromatic N) is 3. The van der Waals surface area contributed by atoms with Crippen LogP contribution in [0.2, 0.25) is 0 Å². The number of rotatable bonds is 5. The van der Waals surface area contributed by atoms with Crippen LogP contribution in [0.3, 0.4) is 0 Å². The highest BCUT2D eigenvalue weighted by molar-refractivity contribution is 5.96. The van der Waals surface area contributed by atoms with Crippen LogP contribution < -0.4 is 15.8 Å². The van der Waals surface area contributed by atoms with Crippen molar-refractivity contribution in [3.8, 4) is 5.88 Å². The maximum absolute atomic E-state index is 12.4. The fourth-order valence-corrected chi connectivity index (χ4v) is 2.02. The Morgan fingerprint density at radius 3 is 2.76 bits per heavy atom. The first kappa shape index (κ1) is 18.2. The summed E-state index contributed by atoms with van der Waals surface area (Å²) in [5.41, 5.74) is 7.79. The molecule has 0 saturated heterocycles. The maximum atomic E-state index is 12.4. The zero-order chi connectivity index (χ0) is 18.2. The second-order valence-corrected chi connectivity index (χ2v) is 5.15. The van der Waals surface area contributed by atoms with Crippen LogP contribution in [0.1, 0.15) is 23.7 Å². The van der Waals surface area contributed by atoms with Crippen LogP contribution in [0.15, 0.2) is 28.0 Å². The Balaban J connectivity index is 0.000000208. The number of aromatic nitrogens is 2. The zero-order valence-corrected chi connectivity index (χ0v) is 13.5. The highest BCUT2D eigenvalue weighted by Gasteiger charge is 2.15. The van der Waals surface area contributed by atoms with Gasteiger partial charge >= 0.3 is 0 Å². The maximum Gasteiger partial charge on any atom is 0.287 e. The van der Waals surface area contributed by atoms with Crippen molar-refractivity contribution in [3.63, 3.8) is 0 Å². The van der Waals surface area contributed by atoms with Gasteiger partial charge in [0, 0.05) is 6.92 Å². The quantitative estimate of drug-likeness (QED) is 0.236. The van der Waals surface area contributed by atoms with Gasteiger partial charge in [-0.2, -0.15) is 0 Å². The lowest BCUT2D eigenvalue weighted by molar-refractivity contribution is -0.119. The number of carbonyl (C=O) groups is 1. The van der Waals surface area contributed by atoms with Crippen molar-refractivity contribution in [2.45, 2.75) is 19.8 Å². The lowest BCUT2D eigenvalue weighted by Gasteiger charge is -2.17. The molecule has 134 valence electrons. The highest BCUT2D eigenvalue weighted by atomic mass is 19.1. The number of amidine groups is 1. The number of amides is 1. The summed E-state index contributed by atoms with van der Waals surface area (Å²) in [5, 5.41) is 20.5. The van der Waals surface area contributed by atoms with Crippen molar-refractivity contribution < 1.29 is 23.8 Å². The van der Waals surface area contributed by atoms with Gasteiger partial charge in [0.25, 0.3) is 5.88 Å². The Hall–Kier alpha value is -3.17. The van der Waals surface area contributed by atoms with E-state index in [1.807, 2.05) is 6.07 Å². The Kier molecular flexibility index (Phi) is 6.26. The van der Waals surface area contributed by atoms with Gasteiger partial charge in [-0.15, -0.1) is 0 Å². The molecule has 4 N–H and O–H groups in total. The second-order valence-electron chi connectivity index (χ2n) is 5.15. The number of hydrogen-bond donors (Lipinski definition) is 3. The van der Waals surface area contributed by atoms with Crippen LogP contribution in [-0.4, -0.2) is 40.4 Å². The lowest BCUT2D eigenvalue weighted by atomic mass is 9.89. The van der Waals surface area contributed by atoms with Crippen molar-refractivity contribution in [3.05, 3.63) is 40.8 Å². The first-order valence-electron chi connectivity index (χ1n) is 7.46. The highest BCUT2D eigenvalue weighted by Crippen LogP contribution is 2.22. The van der Waals surface area contributed by atoms with Gasteiger partial charge in [-0.3, -0.25) is 4.79 Å². The first-order valence-corrected chi connectivity index (χ1v) is 7.46. The van der Waals surface area contributed by atoms with Crippen LogP contribution in [0.25, 0.3) is 0 Å². The van der Waals surface area contributed by atoms with Crippen molar-refractivity contribution in [2.24, 2.45) is 10.9 Å². The molecule has 10 heteroatoms. The topological polar surface area (TPSA) is 136 Å². The molecule has 1 aliphatic carbocycles. The van der Waals surface area contributed by atoms with Crippen LogP contribution >= 0.6 is 0 Å². The number of oxime groups is 1. The molecule has 1 heterocycles. The van der Waals surface area contributed by atoms with E-state index in [2.05, 4.69) is 25.4 Å². The fourth-order valence-electron chi connectivity index (χ4n) is 2.02. The molecule has 0 bridgehead atoms. The third-order valence-electron chi connectivity index (χ3n) is 3.36. The van der Waals surface area contributed by atoms with E-state index < -0.39 is 0 Å². The Labute approximate surface area is 142 Å². The summed E-state index contributed by atoms with van der Waals surface area (Å²) in [4.78, 5) is 10.5. The number of aryl methyl sites for hydroxylation is 2. The summed E-state index contributed by atoms with van der Waals surface area (Å²) >= 11 is 0. The number of nitrogens with two attached hydrogens (primary N) is 1. The van der Waals surface area contributed by atoms with E-state index >= 15 is 0 Å². The Morgan fingerprint density at radius 1 is 1.44 bits per heavy atom. The summed E-state index contributed by atoms with van der Waals surface area (Å²) in [6, 6.07) is 5.02. The molecule has 0 fully saturated rings. The predicted molar refractivity (Wildman–Crippen MR) is 84.8 cm³/mol. The van der Waals surface area contributed by atoms with E-state index in [9.17, 15) is 9.18 Å². The summed E-state index contributed by atoms with van der Waals surface area (Å²) in [7, 11) is 0. The van der Waals surface area contributed by atoms with E-state index in [1.54, 1.807) is 6.07 Å². The molecule has 0 saturated carbocycles. The second kappa shape index (κ2) is 8.62. The first-order chi connectivity index (χ1) is 12.0. The van der Waals surface area contributed by atoms with Crippen molar-refractivity contribution in [2.75, 3.05) is 13.2 Å². The molecule has 0 atom stereocenters. The molecule has 25 heavy (non-hydrogen) atoms. The third-order valence-corrected chi connectivity index (χ3v) is 3.36. The van der Waals surface area contributed by atoms with Crippen molar-refractivity contribution >= 4 is 11.7 Å². The SMILES string of the molecule is CC(=O)NCCOc1nonc1/C(N)=N/O.Fc1ccc2c(c1)CC2. The summed E-state index contributed by atoms with van der Waals surface area (Å²) in [6.07, 6.45) is 2.20. The van der Waals surface area contributed by atoms with Gasteiger partial charge in [-0.05, 0) is 46.4 Å². The molecule has 3 rings (SSSR count). The molecule has 1 aliphatic rings. The van der Waals surface area contributed by atoms with Gasteiger partial charge in [-0.25, -0.2) is 9.02 Å². The smallest absolute Gasteiger partial charge is 0.287 e. The van der Waals surface area contributed by atoms with Gasteiger partial charge in [0.05, 0.1) is 6.54 Å². The van der Waals surface area contributed by atoms with E-state index in [1.165, 1.54) is 24.1 Å². The number of fused-ring (bicyclic) bond motifs is 1. The molecule has 0 spiro atoms. The van der Waals surface area contributed by atoms with E-state index in [0.717, 1.165) is 12.8 Å². The minimum atomic E-state index is -0.268.